The van der Waals surface area contributed by atoms with E-state index >= 15 is 0 Å². The first-order valence-corrected chi connectivity index (χ1v) is 7.83. The zero-order chi connectivity index (χ0) is 13.7. The molecular weight excluding hydrogens is 250 g/mol. The Morgan fingerprint density at radius 3 is 2.53 bits per heavy atom. The summed E-state index contributed by atoms with van der Waals surface area (Å²) in [5.74, 6) is 0. The summed E-state index contributed by atoms with van der Waals surface area (Å²) in [6.07, 6.45) is 3.36. The monoisotopic (exact) mass is 273 g/mol. The Kier molecular flexibility index (Phi) is 5.17. The van der Waals surface area contributed by atoms with Crippen LogP contribution in [-0.4, -0.2) is 13.1 Å². The van der Waals surface area contributed by atoms with Gasteiger partial charge in [-0.3, -0.25) is 0 Å². The first-order chi connectivity index (χ1) is 9.21. The van der Waals surface area contributed by atoms with E-state index < -0.39 is 0 Å². The zero-order valence-corrected chi connectivity index (χ0v) is 12.9. The predicted octanol–water partition coefficient (Wildman–Crippen LogP) is 3.99. The highest BCUT2D eigenvalue weighted by atomic mass is 32.1. The second kappa shape index (κ2) is 6.88. The molecule has 0 spiro atoms. The third kappa shape index (κ3) is 4.19. The summed E-state index contributed by atoms with van der Waals surface area (Å²) in [5.41, 5.74) is 2.77. The van der Waals surface area contributed by atoms with Gasteiger partial charge in [0.05, 0.1) is 0 Å². The predicted molar refractivity (Wildman–Crippen MR) is 85.1 cm³/mol. The topological polar surface area (TPSA) is 12.0 Å². The molecule has 1 aromatic carbocycles. The van der Waals surface area contributed by atoms with Crippen molar-refractivity contribution in [1.29, 1.82) is 0 Å². The van der Waals surface area contributed by atoms with Gasteiger partial charge in [0.2, 0.25) is 0 Å². The van der Waals surface area contributed by atoms with E-state index in [9.17, 15) is 0 Å². The molecule has 0 saturated carbocycles. The molecule has 0 bridgehead atoms. The molecule has 102 valence electrons. The van der Waals surface area contributed by atoms with Crippen LogP contribution >= 0.6 is 11.3 Å². The summed E-state index contributed by atoms with van der Waals surface area (Å²) >= 11 is 1.95. The Morgan fingerprint density at radius 1 is 1.11 bits per heavy atom. The van der Waals surface area contributed by atoms with Crippen LogP contribution in [-0.2, 0) is 19.3 Å². The molecule has 0 aliphatic carbocycles. The van der Waals surface area contributed by atoms with Crippen molar-refractivity contribution >= 4 is 11.3 Å². The zero-order valence-electron chi connectivity index (χ0n) is 12.1. The van der Waals surface area contributed by atoms with Crippen molar-refractivity contribution < 1.29 is 0 Å². The van der Waals surface area contributed by atoms with Gasteiger partial charge in [-0.05, 0) is 50.9 Å². The minimum absolute atomic E-state index is 0.519. The molecule has 2 rings (SSSR count). The van der Waals surface area contributed by atoms with Gasteiger partial charge in [0.1, 0.15) is 0 Å². The van der Waals surface area contributed by atoms with Gasteiger partial charge in [-0.1, -0.05) is 36.8 Å². The number of aryl methyl sites for hydroxylation is 2. The molecule has 2 aromatic rings. The van der Waals surface area contributed by atoms with Gasteiger partial charge in [0, 0.05) is 15.8 Å². The minimum atomic E-state index is 0.519. The van der Waals surface area contributed by atoms with E-state index in [-0.39, 0.29) is 0 Å². The third-order valence-electron chi connectivity index (χ3n) is 3.49. The van der Waals surface area contributed by atoms with Gasteiger partial charge in [-0.2, -0.15) is 0 Å². The fourth-order valence-electron chi connectivity index (χ4n) is 2.36. The van der Waals surface area contributed by atoms with Crippen LogP contribution in [0.5, 0.6) is 0 Å². The number of hydrogen-bond donors (Lipinski definition) is 1. The molecular formula is C17H23NS. The maximum absolute atomic E-state index is 3.45. The second-order valence-electron chi connectivity index (χ2n) is 5.10. The average Bonchev–Trinajstić information content (AvgIpc) is 2.85. The van der Waals surface area contributed by atoms with Crippen LogP contribution in [0.2, 0.25) is 0 Å². The number of likely N-dealkylation sites (N-methyl/N-ethyl adjacent to an activating group) is 1. The van der Waals surface area contributed by atoms with Crippen molar-refractivity contribution in [1.82, 2.24) is 5.32 Å². The summed E-state index contributed by atoms with van der Waals surface area (Å²) in [4.78, 5) is 2.98. The highest BCUT2D eigenvalue weighted by molar-refractivity contribution is 7.11. The van der Waals surface area contributed by atoms with Crippen LogP contribution in [0.1, 0.15) is 27.8 Å². The molecule has 1 nitrogen and oxygen atoms in total. The molecule has 1 unspecified atom stereocenters. The molecule has 1 heterocycles. The molecule has 0 aliphatic rings. The third-order valence-corrected chi connectivity index (χ3v) is 4.74. The van der Waals surface area contributed by atoms with Crippen molar-refractivity contribution in [2.24, 2.45) is 0 Å². The fourth-order valence-corrected chi connectivity index (χ4v) is 3.40. The lowest BCUT2D eigenvalue weighted by Gasteiger charge is -2.15. The quantitative estimate of drug-likeness (QED) is 0.839. The lowest BCUT2D eigenvalue weighted by Crippen LogP contribution is -2.29. The van der Waals surface area contributed by atoms with Crippen molar-refractivity contribution in [2.75, 3.05) is 7.05 Å². The molecule has 0 amide bonds. The van der Waals surface area contributed by atoms with Crippen molar-refractivity contribution in [3.63, 3.8) is 0 Å². The highest BCUT2D eigenvalue weighted by Crippen LogP contribution is 2.19. The van der Waals surface area contributed by atoms with Crippen LogP contribution in [0.3, 0.4) is 0 Å². The number of rotatable bonds is 6. The molecule has 0 radical (unpaired) electrons. The van der Waals surface area contributed by atoms with Gasteiger partial charge >= 0.3 is 0 Å². The van der Waals surface area contributed by atoms with E-state index in [1.807, 2.05) is 11.3 Å². The molecule has 1 N–H and O–H groups in total. The van der Waals surface area contributed by atoms with E-state index in [0.717, 1.165) is 19.3 Å². The summed E-state index contributed by atoms with van der Waals surface area (Å²) in [6, 6.07) is 13.9. The van der Waals surface area contributed by atoms with Crippen LogP contribution in [0.15, 0.2) is 36.4 Å². The Balaban J connectivity index is 2.00. The second-order valence-corrected chi connectivity index (χ2v) is 6.36. The van der Waals surface area contributed by atoms with Gasteiger partial charge in [0.25, 0.3) is 0 Å². The Morgan fingerprint density at radius 2 is 1.89 bits per heavy atom. The molecule has 19 heavy (non-hydrogen) atoms. The fraction of sp³-hybridized carbons (Fsp3) is 0.412. The Hall–Kier alpha value is -1.12. The lowest BCUT2D eigenvalue weighted by molar-refractivity contribution is 0.560. The summed E-state index contributed by atoms with van der Waals surface area (Å²) in [6.45, 7) is 4.38. The van der Waals surface area contributed by atoms with E-state index in [4.69, 9.17) is 0 Å². The molecule has 1 aromatic heterocycles. The maximum atomic E-state index is 3.45. The van der Waals surface area contributed by atoms with Crippen molar-refractivity contribution in [3.8, 4) is 0 Å². The van der Waals surface area contributed by atoms with Crippen molar-refractivity contribution in [2.45, 2.75) is 39.2 Å². The molecule has 0 aliphatic heterocycles. The van der Waals surface area contributed by atoms with Gasteiger partial charge in [-0.15, -0.1) is 11.3 Å². The van der Waals surface area contributed by atoms with Gasteiger partial charge < -0.3 is 5.32 Å². The van der Waals surface area contributed by atoms with Crippen LogP contribution < -0.4 is 5.32 Å². The maximum Gasteiger partial charge on any atom is 0.0153 e. The number of thiophene rings is 1. The van der Waals surface area contributed by atoms with E-state index in [1.54, 1.807) is 0 Å². The molecule has 0 saturated heterocycles. The normalized spacial score (nSPS) is 12.6. The van der Waals surface area contributed by atoms with E-state index in [1.165, 1.54) is 20.9 Å². The standard InChI is InChI=1S/C17H23NS/c1-4-16-8-9-17(19-16)12-15(18-3)11-14-7-5-6-13(2)10-14/h5-10,15,18H,4,11-12H2,1-3H3. The number of nitrogens with one attached hydrogen (secondary N) is 1. The molecule has 0 fully saturated rings. The lowest BCUT2D eigenvalue weighted by atomic mass is 10.0. The highest BCUT2D eigenvalue weighted by Gasteiger charge is 2.10. The van der Waals surface area contributed by atoms with E-state index in [2.05, 4.69) is 62.6 Å². The minimum Gasteiger partial charge on any atom is -0.316 e. The Labute approximate surface area is 120 Å². The summed E-state index contributed by atoms with van der Waals surface area (Å²) in [7, 11) is 2.06. The summed E-state index contributed by atoms with van der Waals surface area (Å²) in [5, 5.41) is 3.45. The number of hydrogen-bond acceptors (Lipinski definition) is 2. The molecule has 1 atom stereocenters. The van der Waals surface area contributed by atoms with E-state index in [0.29, 0.717) is 6.04 Å². The average molecular weight is 273 g/mol. The Bertz CT molecular complexity index is 515. The number of benzene rings is 1. The largest absolute Gasteiger partial charge is 0.316 e. The smallest absolute Gasteiger partial charge is 0.0153 e. The van der Waals surface area contributed by atoms with Crippen LogP contribution in [0, 0.1) is 6.92 Å². The van der Waals surface area contributed by atoms with Crippen molar-refractivity contribution in [3.05, 3.63) is 57.3 Å². The van der Waals surface area contributed by atoms with Gasteiger partial charge in [0.15, 0.2) is 0 Å². The van der Waals surface area contributed by atoms with Crippen LogP contribution in [0.4, 0.5) is 0 Å². The first-order valence-electron chi connectivity index (χ1n) is 7.01. The van der Waals surface area contributed by atoms with Crippen LogP contribution in [0.25, 0.3) is 0 Å². The van der Waals surface area contributed by atoms with Gasteiger partial charge in [-0.25, -0.2) is 0 Å². The summed E-state index contributed by atoms with van der Waals surface area (Å²) < 4.78 is 0. The first kappa shape index (κ1) is 14.3. The molecule has 2 heteroatoms. The SMILES string of the molecule is CCc1ccc(CC(Cc2cccc(C)c2)NC)s1.